The molecular weight excluding hydrogens is 264 g/mol. The van der Waals surface area contributed by atoms with Crippen LogP contribution >= 0.6 is 15.9 Å². The lowest BCUT2D eigenvalue weighted by molar-refractivity contribution is 0.421. The lowest BCUT2D eigenvalue weighted by Crippen LogP contribution is -2.32. The Balaban J connectivity index is 2.64. The second kappa shape index (κ2) is 7.02. The van der Waals surface area contributed by atoms with Crippen LogP contribution < -0.4 is 5.32 Å². The van der Waals surface area contributed by atoms with Crippen molar-refractivity contribution < 1.29 is 0 Å². The molecule has 0 radical (unpaired) electrons. The predicted octanol–water partition coefficient (Wildman–Crippen LogP) is 3.41. The molecule has 0 spiro atoms. The fourth-order valence-electron chi connectivity index (χ4n) is 1.90. The normalized spacial score (nSPS) is 13.1. The zero-order valence-electron chi connectivity index (χ0n) is 10.3. The summed E-state index contributed by atoms with van der Waals surface area (Å²) in [6.07, 6.45) is 4.04. The topological polar surface area (TPSA) is 24.9 Å². The summed E-state index contributed by atoms with van der Waals surface area (Å²) < 4.78 is 1.11. The number of aromatic nitrogens is 1. The van der Waals surface area contributed by atoms with Gasteiger partial charge in [0.05, 0.1) is 5.69 Å². The smallest absolute Gasteiger partial charge is 0.0560 e. The van der Waals surface area contributed by atoms with Gasteiger partial charge in [-0.2, -0.15) is 0 Å². The number of hydrogen-bond acceptors (Lipinski definition) is 2. The van der Waals surface area contributed by atoms with Crippen LogP contribution in [0.2, 0.25) is 0 Å². The molecule has 0 aliphatic heterocycles. The SMILES string of the molecule is CCNC(Cc1ncccc1Br)CC(C)C. The molecule has 0 aliphatic carbocycles. The first-order valence-corrected chi connectivity index (χ1v) is 6.75. The van der Waals surface area contributed by atoms with Gasteiger partial charge >= 0.3 is 0 Å². The average Bonchev–Trinajstić information content (AvgIpc) is 2.21. The van der Waals surface area contributed by atoms with Crippen molar-refractivity contribution in [1.82, 2.24) is 10.3 Å². The number of nitrogens with one attached hydrogen (secondary N) is 1. The van der Waals surface area contributed by atoms with E-state index >= 15 is 0 Å². The molecule has 1 aromatic rings. The molecule has 0 fully saturated rings. The minimum atomic E-state index is 0.524. The van der Waals surface area contributed by atoms with E-state index < -0.39 is 0 Å². The van der Waals surface area contributed by atoms with E-state index in [1.807, 2.05) is 12.3 Å². The summed E-state index contributed by atoms with van der Waals surface area (Å²) in [5, 5.41) is 3.53. The van der Waals surface area contributed by atoms with Gasteiger partial charge in [-0.3, -0.25) is 4.98 Å². The van der Waals surface area contributed by atoms with Gasteiger partial charge in [-0.05, 0) is 46.9 Å². The highest BCUT2D eigenvalue weighted by molar-refractivity contribution is 9.10. The highest BCUT2D eigenvalue weighted by Crippen LogP contribution is 2.17. The van der Waals surface area contributed by atoms with E-state index in [9.17, 15) is 0 Å². The molecule has 2 nitrogen and oxygen atoms in total. The van der Waals surface area contributed by atoms with E-state index in [4.69, 9.17) is 0 Å². The Bertz CT molecular complexity index is 313. The van der Waals surface area contributed by atoms with Crippen molar-refractivity contribution in [1.29, 1.82) is 0 Å². The fourth-order valence-corrected chi connectivity index (χ4v) is 2.32. The van der Waals surface area contributed by atoms with Crippen LogP contribution in [-0.4, -0.2) is 17.6 Å². The lowest BCUT2D eigenvalue weighted by atomic mass is 9.99. The minimum absolute atomic E-state index is 0.524. The molecule has 90 valence electrons. The first-order valence-electron chi connectivity index (χ1n) is 5.96. The molecule has 1 heterocycles. The van der Waals surface area contributed by atoms with E-state index in [0.717, 1.165) is 23.1 Å². The van der Waals surface area contributed by atoms with Gasteiger partial charge in [-0.1, -0.05) is 20.8 Å². The third kappa shape index (κ3) is 4.62. The van der Waals surface area contributed by atoms with Crippen LogP contribution in [0.5, 0.6) is 0 Å². The maximum Gasteiger partial charge on any atom is 0.0560 e. The first kappa shape index (κ1) is 13.7. The summed E-state index contributed by atoms with van der Waals surface area (Å²) in [7, 11) is 0. The second-order valence-electron chi connectivity index (χ2n) is 4.52. The summed E-state index contributed by atoms with van der Waals surface area (Å²) in [4.78, 5) is 4.42. The molecule has 1 rings (SSSR count). The maximum atomic E-state index is 4.42. The molecule has 16 heavy (non-hydrogen) atoms. The summed E-state index contributed by atoms with van der Waals surface area (Å²) in [6, 6.07) is 4.54. The van der Waals surface area contributed by atoms with E-state index in [1.54, 1.807) is 0 Å². The molecule has 0 amide bonds. The van der Waals surface area contributed by atoms with Crippen molar-refractivity contribution in [2.24, 2.45) is 5.92 Å². The Hall–Kier alpha value is -0.410. The summed E-state index contributed by atoms with van der Waals surface area (Å²) in [6.45, 7) is 7.69. The molecule has 0 aliphatic rings. The van der Waals surface area contributed by atoms with Crippen LogP contribution in [-0.2, 0) is 6.42 Å². The highest BCUT2D eigenvalue weighted by Gasteiger charge is 2.12. The number of likely N-dealkylation sites (N-methyl/N-ethyl adjacent to an activating group) is 1. The van der Waals surface area contributed by atoms with Crippen LogP contribution in [0.3, 0.4) is 0 Å². The molecule has 1 unspecified atom stereocenters. The van der Waals surface area contributed by atoms with Crippen LogP contribution in [0.15, 0.2) is 22.8 Å². The molecule has 3 heteroatoms. The van der Waals surface area contributed by atoms with Crippen molar-refractivity contribution >= 4 is 15.9 Å². The molecule has 0 bridgehead atoms. The largest absolute Gasteiger partial charge is 0.314 e. The Morgan fingerprint density at radius 2 is 2.19 bits per heavy atom. The van der Waals surface area contributed by atoms with Crippen LogP contribution in [0.25, 0.3) is 0 Å². The van der Waals surface area contributed by atoms with Crippen LogP contribution in [0, 0.1) is 5.92 Å². The van der Waals surface area contributed by atoms with Crippen molar-refractivity contribution in [3.63, 3.8) is 0 Å². The van der Waals surface area contributed by atoms with E-state index in [0.29, 0.717) is 12.0 Å². The molecular formula is C13H21BrN2. The highest BCUT2D eigenvalue weighted by atomic mass is 79.9. The first-order chi connectivity index (χ1) is 7.63. The summed E-state index contributed by atoms with van der Waals surface area (Å²) in [5.41, 5.74) is 1.15. The molecule has 0 saturated heterocycles. The number of pyridine rings is 1. The number of halogens is 1. The van der Waals surface area contributed by atoms with Crippen LogP contribution in [0.1, 0.15) is 32.9 Å². The Morgan fingerprint density at radius 1 is 1.44 bits per heavy atom. The van der Waals surface area contributed by atoms with Gasteiger partial charge in [0.1, 0.15) is 0 Å². The number of rotatable bonds is 6. The second-order valence-corrected chi connectivity index (χ2v) is 5.37. The molecule has 1 atom stereocenters. The van der Waals surface area contributed by atoms with Crippen molar-refractivity contribution in [2.45, 2.75) is 39.7 Å². The third-order valence-electron chi connectivity index (χ3n) is 2.52. The zero-order valence-corrected chi connectivity index (χ0v) is 11.9. The van der Waals surface area contributed by atoms with Crippen molar-refractivity contribution in [3.05, 3.63) is 28.5 Å². The minimum Gasteiger partial charge on any atom is -0.314 e. The summed E-state index contributed by atoms with van der Waals surface area (Å²) in [5.74, 6) is 0.714. The number of nitrogens with zero attached hydrogens (tertiary/aromatic N) is 1. The Kier molecular flexibility index (Phi) is 5.99. The number of hydrogen-bond donors (Lipinski definition) is 1. The van der Waals surface area contributed by atoms with E-state index in [1.165, 1.54) is 6.42 Å². The van der Waals surface area contributed by atoms with Gasteiger partial charge in [-0.25, -0.2) is 0 Å². The molecule has 1 aromatic heterocycles. The maximum absolute atomic E-state index is 4.42. The summed E-state index contributed by atoms with van der Waals surface area (Å²) >= 11 is 3.55. The monoisotopic (exact) mass is 284 g/mol. The zero-order chi connectivity index (χ0) is 12.0. The van der Waals surface area contributed by atoms with Crippen molar-refractivity contribution in [2.75, 3.05) is 6.54 Å². The molecule has 1 N–H and O–H groups in total. The third-order valence-corrected chi connectivity index (χ3v) is 3.25. The van der Waals surface area contributed by atoms with Gasteiger partial charge in [0.25, 0.3) is 0 Å². The van der Waals surface area contributed by atoms with Gasteiger partial charge in [0.15, 0.2) is 0 Å². The van der Waals surface area contributed by atoms with E-state index in [2.05, 4.69) is 53.1 Å². The molecule has 0 aromatic carbocycles. The van der Waals surface area contributed by atoms with Gasteiger partial charge in [-0.15, -0.1) is 0 Å². The average molecular weight is 285 g/mol. The lowest BCUT2D eigenvalue weighted by Gasteiger charge is -2.20. The van der Waals surface area contributed by atoms with Gasteiger partial charge in [0, 0.05) is 23.1 Å². The molecule has 0 saturated carbocycles. The van der Waals surface area contributed by atoms with Gasteiger partial charge < -0.3 is 5.32 Å². The van der Waals surface area contributed by atoms with Crippen molar-refractivity contribution in [3.8, 4) is 0 Å². The quantitative estimate of drug-likeness (QED) is 0.866. The predicted molar refractivity (Wildman–Crippen MR) is 72.6 cm³/mol. The standard InChI is InChI=1S/C13H21BrN2/c1-4-15-11(8-10(2)3)9-13-12(14)6-5-7-16-13/h5-7,10-11,15H,4,8-9H2,1-3H3. The fraction of sp³-hybridized carbons (Fsp3) is 0.615. The van der Waals surface area contributed by atoms with Gasteiger partial charge in [0.2, 0.25) is 0 Å². The Labute approximate surface area is 107 Å². The van der Waals surface area contributed by atoms with Crippen LogP contribution in [0.4, 0.5) is 0 Å². The van der Waals surface area contributed by atoms with E-state index in [-0.39, 0.29) is 0 Å². The Morgan fingerprint density at radius 3 is 2.75 bits per heavy atom.